The Bertz CT molecular complexity index is 541. The van der Waals surface area contributed by atoms with Crippen LogP contribution in [0.3, 0.4) is 0 Å². The van der Waals surface area contributed by atoms with Crippen LogP contribution in [-0.4, -0.2) is 44.5 Å². The highest BCUT2D eigenvalue weighted by atomic mass is 32.2. The minimum absolute atomic E-state index is 0.127. The van der Waals surface area contributed by atoms with Gasteiger partial charge in [0, 0.05) is 13.1 Å². The van der Waals surface area contributed by atoms with Gasteiger partial charge < -0.3 is 5.32 Å². The summed E-state index contributed by atoms with van der Waals surface area (Å²) in [6, 6.07) is 9.63. The van der Waals surface area contributed by atoms with Crippen LogP contribution in [0.4, 0.5) is 0 Å². The molecular weight excluding hydrogens is 288 g/mol. The summed E-state index contributed by atoms with van der Waals surface area (Å²) in [5, 5.41) is 2.74. The topological polar surface area (TPSA) is 66.5 Å². The summed E-state index contributed by atoms with van der Waals surface area (Å²) in [7, 11) is -3.40. The van der Waals surface area contributed by atoms with Crippen LogP contribution in [-0.2, 0) is 21.2 Å². The van der Waals surface area contributed by atoms with Crippen molar-refractivity contribution in [3.63, 3.8) is 0 Å². The van der Waals surface area contributed by atoms with Crippen LogP contribution >= 0.6 is 0 Å². The molecule has 0 aliphatic carbocycles. The molecule has 0 saturated heterocycles. The minimum Gasteiger partial charge on any atom is -0.355 e. The zero-order chi connectivity index (χ0) is 15.9. The first kappa shape index (κ1) is 17.7. The van der Waals surface area contributed by atoms with Gasteiger partial charge in [0.1, 0.15) is 0 Å². The Kier molecular flexibility index (Phi) is 6.84. The van der Waals surface area contributed by atoms with Gasteiger partial charge in [-0.2, -0.15) is 4.31 Å². The van der Waals surface area contributed by atoms with E-state index in [0.717, 1.165) is 11.8 Å². The van der Waals surface area contributed by atoms with Crippen LogP contribution in [0.1, 0.15) is 19.4 Å². The summed E-state index contributed by atoms with van der Waals surface area (Å²) in [4.78, 5) is 11.8. The number of hydrogen-bond acceptors (Lipinski definition) is 3. The Labute approximate surface area is 127 Å². The van der Waals surface area contributed by atoms with E-state index >= 15 is 0 Å². The molecule has 0 atom stereocenters. The van der Waals surface area contributed by atoms with Crippen molar-refractivity contribution in [1.29, 1.82) is 0 Å². The number of nitrogens with zero attached hydrogens (tertiary/aromatic N) is 1. The van der Waals surface area contributed by atoms with E-state index in [0.29, 0.717) is 25.4 Å². The summed E-state index contributed by atoms with van der Waals surface area (Å²) in [5.41, 5.74) is 1.05. The van der Waals surface area contributed by atoms with Crippen molar-refractivity contribution in [2.75, 3.05) is 25.9 Å². The van der Waals surface area contributed by atoms with Gasteiger partial charge in [0.05, 0.1) is 12.8 Å². The van der Waals surface area contributed by atoms with Gasteiger partial charge in [0.2, 0.25) is 15.9 Å². The standard InChI is InChI=1S/C15H24N2O3S/c1-13(2)11-16-15(18)12-17(21(3,19)20)10-9-14-7-5-4-6-8-14/h4-8,13H,9-12H2,1-3H3,(H,16,18). The third-order valence-electron chi connectivity index (χ3n) is 2.99. The largest absolute Gasteiger partial charge is 0.355 e. The van der Waals surface area contributed by atoms with Gasteiger partial charge in [-0.3, -0.25) is 4.79 Å². The Morgan fingerprint density at radius 2 is 1.86 bits per heavy atom. The maximum atomic E-state index is 11.8. The average Bonchev–Trinajstić information content (AvgIpc) is 2.41. The summed E-state index contributed by atoms with van der Waals surface area (Å²) in [6.07, 6.45) is 1.72. The highest BCUT2D eigenvalue weighted by molar-refractivity contribution is 7.88. The Balaban J connectivity index is 2.59. The fraction of sp³-hybridized carbons (Fsp3) is 0.533. The molecule has 1 amide bonds. The van der Waals surface area contributed by atoms with Crippen molar-refractivity contribution in [3.05, 3.63) is 35.9 Å². The van der Waals surface area contributed by atoms with Crippen molar-refractivity contribution >= 4 is 15.9 Å². The van der Waals surface area contributed by atoms with Gasteiger partial charge in [-0.15, -0.1) is 0 Å². The van der Waals surface area contributed by atoms with Gasteiger partial charge in [-0.1, -0.05) is 44.2 Å². The number of carbonyl (C=O) groups is 1. The molecule has 0 radical (unpaired) electrons. The molecule has 1 N–H and O–H groups in total. The van der Waals surface area contributed by atoms with Crippen molar-refractivity contribution in [1.82, 2.24) is 9.62 Å². The van der Waals surface area contributed by atoms with E-state index in [-0.39, 0.29) is 12.5 Å². The Morgan fingerprint density at radius 3 is 2.38 bits per heavy atom. The van der Waals surface area contributed by atoms with E-state index in [9.17, 15) is 13.2 Å². The zero-order valence-electron chi connectivity index (χ0n) is 12.9. The number of hydrogen-bond donors (Lipinski definition) is 1. The van der Waals surface area contributed by atoms with E-state index in [2.05, 4.69) is 5.32 Å². The highest BCUT2D eigenvalue weighted by Gasteiger charge is 2.19. The molecule has 1 aromatic carbocycles. The second-order valence-corrected chi connectivity index (χ2v) is 7.51. The van der Waals surface area contributed by atoms with Crippen LogP contribution in [0.15, 0.2) is 30.3 Å². The number of amides is 1. The van der Waals surface area contributed by atoms with E-state index in [4.69, 9.17) is 0 Å². The molecule has 0 unspecified atom stereocenters. The molecule has 0 fully saturated rings. The number of sulfonamides is 1. The van der Waals surface area contributed by atoms with Crippen LogP contribution in [0.5, 0.6) is 0 Å². The molecular formula is C15H24N2O3S. The lowest BCUT2D eigenvalue weighted by molar-refractivity contribution is -0.121. The molecule has 0 aliphatic heterocycles. The van der Waals surface area contributed by atoms with Gasteiger partial charge in [-0.05, 0) is 17.9 Å². The Hall–Kier alpha value is -1.40. The minimum atomic E-state index is -3.40. The van der Waals surface area contributed by atoms with Gasteiger partial charge >= 0.3 is 0 Å². The van der Waals surface area contributed by atoms with E-state index in [1.54, 1.807) is 0 Å². The molecule has 0 heterocycles. The summed E-state index contributed by atoms with van der Waals surface area (Å²) in [5.74, 6) is 0.0761. The molecule has 0 bridgehead atoms. The van der Waals surface area contributed by atoms with E-state index in [1.807, 2.05) is 44.2 Å². The van der Waals surface area contributed by atoms with Crippen molar-refractivity contribution in [2.24, 2.45) is 5.92 Å². The van der Waals surface area contributed by atoms with E-state index < -0.39 is 10.0 Å². The molecule has 21 heavy (non-hydrogen) atoms. The second kappa shape index (κ2) is 8.14. The summed E-state index contributed by atoms with van der Waals surface area (Å²) in [6.45, 7) is 4.71. The zero-order valence-corrected chi connectivity index (χ0v) is 13.7. The molecule has 0 spiro atoms. The van der Waals surface area contributed by atoms with Crippen molar-refractivity contribution < 1.29 is 13.2 Å². The lowest BCUT2D eigenvalue weighted by Crippen LogP contribution is -2.42. The monoisotopic (exact) mass is 312 g/mol. The molecule has 1 aromatic rings. The normalized spacial score (nSPS) is 11.9. The average molecular weight is 312 g/mol. The summed E-state index contributed by atoms with van der Waals surface area (Å²) >= 11 is 0. The number of carbonyl (C=O) groups excluding carboxylic acids is 1. The number of benzene rings is 1. The summed E-state index contributed by atoms with van der Waals surface area (Å²) < 4.78 is 24.8. The first-order chi connectivity index (χ1) is 9.79. The van der Waals surface area contributed by atoms with Gasteiger partial charge in [-0.25, -0.2) is 8.42 Å². The number of nitrogens with one attached hydrogen (secondary N) is 1. The third kappa shape index (κ3) is 7.24. The fourth-order valence-corrected chi connectivity index (χ4v) is 2.57. The molecule has 118 valence electrons. The molecule has 6 heteroatoms. The highest BCUT2D eigenvalue weighted by Crippen LogP contribution is 2.04. The van der Waals surface area contributed by atoms with E-state index in [1.165, 1.54) is 4.31 Å². The quantitative estimate of drug-likeness (QED) is 0.786. The predicted molar refractivity (Wildman–Crippen MR) is 84.4 cm³/mol. The predicted octanol–water partition coefficient (Wildman–Crippen LogP) is 1.26. The second-order valence-electron chi connectivity index (χ2n) is 5.53. The first-order valence-electron chi connectivity index (χ1n) is 7.05. The van der Waals surface area contributed by atoms with Gasteiger partial charge in [0.15, 0.2) is 0 Å². The maximum Gasteiger partial charge on any atom is 0.235 e. The lowest BCUT2D eigenvalue weighted by atomic mass is 10.1. The lowest BCUT2D eigenvalue weighted by Gasteiger charge is -2.19. The number of rotatable bonds is 8. The maximum absolute atomic E-state index is 11.8. The Morgan fingerprint density at radius 1 is 1.24 bits per heavy atom. The van der Waals surface area contributed by atoms with Crippen LogP contribution < -0.4 is 5.32 Å². The fourth-order valence-electron chi connectivity index (χ4n) is 1.79. The van der Waals surface area contributed by atoms with Crippen LogP contribution in [0.2, 0.25) is 0 Å². The molecule has 0 saturated carbocycles. The van der Waals surface area contributed by atoms with Crippen LogP contribution in [0, 0.1) is 5.92 Å². The smallest absolute Gasteiger partial charge is 0.235 e. The molecule has 1 rings (SSSR count). The third-order valence-corrected chi connectivity index (χ3v) is 4.24. The van der Waals surface area contributed by atoms with Crippen LogP contribution in [0.25, 0.3) is 0 Å². The molecule has 0 aliphatic rings. The first-order valence-corrected chi connectivity index (χ1v) is 8.89. The van der Waals surface area contributed by atoms with Crippen molar-refractivity contribution in [2.45, 2.75) is 20.3 Å². The SMILES string of the molecule is CC(C)CNC(=O)CN(CCc1ccccc1)S(C)(=O)=O. The van der Waals surface area contributed by atoms with Crippen molar-refractivity contribution in [3.8, 4) is 0 Å². The molecule has 0 aromatic heterocycles. The van der Waals surface area contributed by atoms with Gasteiger partial charge in [0.25, 0.3) is 0 Å². The molecule has 5 nitrogen and oxygen atoms in total.